The molecule has 0 atom stereocenters. The molecule has 32 heavy (non-hydrogen) atoms. The van der Waals surface area contributed by atoms with Crippen LogP contribution in [0.15, 0.2) is 63.9 Å². The minimum Gasteiger partial charge on any atom is -0.351 e. The summed E-state index contributed by atoms with van der Waals surface area (Å²) in [6.45, 7) is 4.71. The molecule has 0 bridgehead atoms. The number of hydrogen-bond acceptors (Lipinski definition) is 5. The Kier molecular flexibility index (Phi) is 6.72. The van der Waals surface area contributed by atoms with Crippen molar-refractivity contribution in [2.24, 2.45) is 0 Å². The highest BCUT2D eigenvalue weighted by Crippen LogP contribution is 2.32. The number of thioether (sulfide) groups is 1. The van der Waals surface area contributed by atoms with Gasteiger partial charge >= 0.3 is 0 Å². The summed E-state index contributed by atoms with van der Waals surface area (Å²) in [6.07, 6.45) is 0. The fourth-order valence-corrected chi connectivity index (χ4v) is 5.14. The number of fused-ring (bicyclic) bond motifs is 1. The fourth-order valence-electron chi connectivity index (χ4n) is 3.29. The van der Waals surface area contributed by atoms with Crippen LogP contribution in [0.5, 0.6) is 0 Å². The van der Waals surface area contributed by atoms with Gasteiger partial charge in [-0.25, -0.2) is 9.37 Å². The highest BCUT2D eigenvalue weighted by molar-refractivity contribution is 7.99. The minimum absolute atomic E-state index is 0.0879. The van der Waals surface area contributed by atoms with Crippen molar-refractivity contribution in [3.8, 4) is 11.1 Å². The molecule has 2 heterocycles. The Bertz CT molecular complexity index is 1310. The average Bonchev–Trinajstić information content (AvgIpc) is 3.22. The number of nitrogens with one attached hydrogen (secondary N) is 1. The number of rotatable bonds is 7. The highest BCUT2D eigenvalue weighted by Gasteiger charge is 2.17. The van der Waals surface area contributed by atoms with Crippen molar-refractivity contribution < 1.29 is 9.18 Å². The predicted molar refractivity (Wildman–Crippen MR) is 129 cm³/mol. The van der Waals surface area contributed by atoms with E-state index >= 15 is 0 Å². The Morgan fingerprint density at radius 3 is 2.56 bits per heavy atom. The third-order valence-corrected chi connectivity index (χ3v) is 6.99. The quantitative estimate of drug-likeness (QED) is 0.307. The number of thiophene rings is 1. The number of hydrogen-bond donors (Lipinski definition) is 1. The van der Waals surface area contributed by atoms with Crippen LogP contribution in [0.4, 0.5) is 4.39 Å². The molecule has 0 radical (unpaired) electrons. The summed E-state index contributed by atoms with van der Waals surface area (Å²) >= 11 is 2.64. The highest BCUT2D eigenvalue weighted by atomic mass is 32.2. The monoisotopic (exact) mass is 467 g/mol. The topological polar surface area (TPSA) is 64.0 Å². The smallest absolute Gasteiger partial charge is 0.272 e. The van der Waals surface area contributed by atoms with Crippen LogP contribution in [0.3, 0.4) is 0 Å². The molecule has 8 heteroatoms. The predicted octanol–water partition coefficient (Wildman–Crippen LogP) is 5.00. The van der Waals surface area contributed by atoms with E-state index in [1.165, 1.54) is 35.2 Å². The van der Waals surface area contributed by atoms with Gasteiger partial charge in [-0.3, -0.25) is 14.2 Å². The van der Waals surface area contributed by atoms with Gasteiger partial charge in [-0.2, -0.15) is 0 Å². The van der Waals surface area contributed by atoms with Crippen LogP contribution in [0.25, 0.3) is 21.3 Å². The van der Waals surface area contributed by atoms with Gasteiger partial charge < -0.3 is 5.32 Å². The second kappa shape index (κ2) is 9.67. The molecule has 2 aromatic heterocycles. The van der Waals surface area contributed by atoms with E-state index in [4.69, 9.17) is 4.98 Å². The SMILES string of the molecule is CCn1c(SCC(=O)NCc2ccc(F)cc2)nc2c(-c3ccc(C)cc3)csc2c1=O. The van der Waals surface area contributed by atoms with E-state index < -0.39 is 0 Å². The largest absolute Gasteiger partial charge is 0.351 e. The van der Waals surface area contributed by atoms with E-state index in [9.17, 15) is 14.0 Å². The van der Waals surface area contributed by atoms with Crippen LogP contribution in [0, 0.1) is 12.7 Å². The van der Waals surface area contributed by atoms with E-state index in [2.05, 4.69) is 5.32 Å². The van der Waals surface area contributed by atoms with E-state index in [1.54, 1.807) is 16.7 Å². The van der Waals surface area contributed by atoms with Crippen molar-refractivity contribution in [1.82, 2.24) is 14.9 Å². The third kappa shape index (κ3) is 4.76. The summed E-state index contributed by atoms with van der Waals surface area (Å²) in [7, 11) is 0. The van der Waals surface area contributed by atoms with E-state index in [0.29, 0.717) is 28.5 Å². The Morgan fingerprint density at radius 1 is 1.16 bits per heavy atom. The Labute approximate surface area is 193 Å². The second-order valence-corrected chi connectivity index (χ2v) is 9.15. The van der Waals surface area contributed by atoms with Crippen LogP contribution in [0.2, 0.25) is 0 Å². The minimum atomic E-state index is -0.312. The molecule has 1 N–H and O–H groups in total. The average molecular weight is 468 g/mol. The first-order chi connectivity index (χ1) is 15.5. The molecular weight excluding hydrogens is 445 g/mol. The molecule has 0 saturated heterocycles. The lowest BCUT2D eigenvalue weighted by Gasteiger charge is -2.11. The molecule has 164 valence electrons. The maximum absolute atomic E-state index is 13.1. The summed E-state index contributed by atoms with van der Waals surface area (Å²) in [4.78, 5) is 30.2. The first-order valence-corrected chi connectivity index (χ1v) is 12.1. The van der Waals surface area contributed by atoms with Crippen LogP contribution in [-0.4, -0.2) is 21.2 Å². The van der Waals surface area contributed by atoms with Crippen molar-refractivity contribution in [3.05, 3.63) is 81.2 Å². The molecule has 0 spiro atoms. The van der Waals surface area contributed by atoms with Crippen LogP contribution in [0.1, 0.15) is 18.1 Å². The number of benzene rings is 2. The number of amides is 1. The van der Waals surface area contributed by atoms with Gasteiger partial charge in [0.05, 0.1) is 11.3 Å². The van der Waals surface area contributed by atoms with E-state index in [0.717, 1.165) is 22.3 Å². The van der Waals surface area contributed by atoms with Crippen LogP contribution < -0.4 is 10.9 Å². The van der Waals surface area contributed by atoms with E-state index in [-0.39, 0.29) is 23.0 Å². The van der Waals surface area contributed by atoms with Crippen LogP contribution in [-0.2, 0) is 17.9 Å². The van der Waals surface area contributed by atoms with E-state index in [1.807, 2.05) is 43.5 Å². The zero-order chi connectivity index (χ0) is 22.7. The number of aryl methyl sites for hydroxylation is 1. The molecule has 2 aromatic carbocycles. The Morgan fingerprint density at radius 2 is 1.88 bits per heavy atom. The van der Waals surface area contributed by atoms with Crippen molar-refractivity contribution >= 4 is 39.2 Å². The van der Waals surface area contributed by atoms with Gasteiger partial charge in [0.15, 0.2) is 5.16 Å². The number of carbonyl (C=O) groups is 1. The molecule has 0 aliphatic heterocycles. The molecule has 0 saturated carbocycles. The number of aromatic nitrogens is 2. The Hall–Kier alpha value is -2.97. The molecule has 5 nitrogen and oxygen atoms in total. The van der Waals surface area contributed by atoms with Crippen LogP contribution >= 0.6 is 23.1 Å². The summed E-state index contributed by atoms with van der Waals surface area (Å²) in [5.41, 5.74) is 4.50. The molecule has 0 fully saturated rings. The standard InChI is InChI=1S/C24H22FN3O2S2/c1-3-28-23(30)22-21(19(13-31-22)17-8-4-15(2)5-9-17)27-24(28)32-14-20(29)26-12-16-6-10-18(25)11-7-16/h4-11,13H,3,12,14H2,1-2H3,(H,26,29). The van der Waals surface area contributed by atoms with Gasteiger partial charge in [0, 0.05) is 24.0 Å². The molecule has 1 amide bonds. The Balaban J connectivity index is 1.55. The lowest BCUT2D eigenvalue weighted by atomic mass is 10.1. The van der Waals surface area contributed by atoms with Gasteiger partial charge in [-0.1, -0.05) is 53.7 Å². The summed E-state index contributed by atoms with van der Waals surface area (Å²) in [5.74, 6) is -0.364. The zero-order valence-corrected chi connectivity index (χ0v) is 19.4. The lowest BCUT2D eigenvalue weighted by Crippen LogP contribution is -2.26. The molecule has 0 unspecified atom stereocenters. The van der Waals surface area contributed by atoms with Crippen molar-refractivity contribution in [3.63, 3.8) is 0 Å². The van der Waals surface area contributed by atoms with Crippen molar-refractivity contribution in [1.29, 1.82) is 0 Å². The number of nitrogens with zero attached hydrogens (tertiary/aromatic N) is 2. The first-order valence-electron chi connectivity index (χ1n) is 10.2. The van der Waals surface area contributed by atoms with Gasteiger partial charge in [0.25, 0.3) is 5.56 Å². The number of halogens is 1. The molecule has 4 aromatic rings. The maximum Gasteiger partial charge on any atom is 0.272 e. The summed E-state index contributed by atoms with van der Waals surface area (Å²) in [6, 6.07) is 14.1. The van der Waals surface area contributed by atoms with Gasteiger partial charge in [0.1, 0.15) is 10.5 Å². The molecular formula is C24H22FN3O2S2. The molecule has 4 rings (SSSR count). The maximum atomic E-state index is 13.1. The number of carbonyl (C=O) groups excluding carboxylic acids is 1. The van der Waals surface area contributed by atoms with Gasteiger partial charge in [-0.05, 0) is 37.1 Å². The molecule has 0 aliphatic rings. The fraction of sp³-hybridized carbons (Fsp3) is 0.208. The lowest BCUT2D eigenvalue weighted by molar-refractivity contribution is -0.118. The zero-order valence-electron chi connectivity index (χ0n) is 17.7. The van der Waals surface area contributed by atoms with Gasteiger partial charge in [0.2, 0.25) is 5.91 Å². The van der Waals surface area contributed by atoms with Gasteiger partial charge in [-0.15, -0.1) is 11.3 Å². The summed E-state index contributed by atoms with van der Waals surface area (Å²) in [5, 5.41) is 5.31. The summed E-state index contributed by atoms with van der Waals surface area (Å²) < 4.78 is 15.2. The van der Waals surface area contributed by atoms with Crippen molar-refractivity contribution in [2.75, 3.05) is 5.75 Å². The third-order valence-electron chi connectivity index (χ3n) is 5.06. The second-order valence-electron chi connectivity index (χ2n) is 7.33. The molecule has 0 aliphatic carbocycles. The van der Waals surface area contributed by atoms with Crippen molar-refractivity contribution in [2.45, 2.75) is 32.1 Å². The normalized spacial score (nSPS) is 11.1. The first kappa shape index (κ1) is 22.2.